The molecule has 1 aliphatic carbocycles. The predicted octanol–water partition coefficient (Wildman–Crippen LogP) is -4.93. The van der Waals surface area contributed by atoms with Crippen LogP contribution in [0, 0.1) is 0 Å². The molecule has 4 aliphatic rings. The standard InChI is InChI=1S/C12H13N3O2.CH2O3.Na/c16-9-7-8(13-1-2-13)12(17)11(15-5-6-15)10(9)14-3-4-14;2-1(3)4;/h7H,1-6H2;(H2,2,3,4);/q;;+1/p-1. The molecule has 0 bridgehead atoms. The van der Waals surface area contributed by atoms with Gasteiger partial charge in [0.25, 0.3) is 0 Å². The zero-order valence-electron chi connectivity index (χ0n) is 12.2. The van der Waals surface area contributed by atoms with Crippen molar-refractivity contribution in [3.05, 3.63) is 23.2 Å². The fourth-order valence-corrected chi connectivity index (χ4v) is 2.28. The number of hydrogen-bond donors (Lipinski definition) is 1. The molecule has 8 nitrogen and oxygen atoms in total. The molecule has 4 rings (SSSR count). The van der Waals surface area contributed by atoms with Gasteiger partial charge in [-0.15, -0.1) is 0 Å². The first-order valence-electron chi connectivity index (χ1n) is 6.69. The van der Waals surface area contributed by atoms with Crippen molar-refractivity contribution in [3.63, 3.8) is 0 Å². The van der Waals surface area contributed by atoms with Crippen LogP contribution in [0.4, 0.5) is 4.79 Å². The monoisotopic (exact) mass is 315 g/mol. The Kier molecular flexibility index (Phi) is 4.84. The van der Waals surface area contributed by atoms with Crippen LogP contribution in [-0.2, 0) is 9.59 Å². The van der Waals surface area contributed by atoms with Gasteiger partial charge in [-0.2, -0.15) is 0 Å². The summed E-state index contributed by atoms with van der Waals surface area (Å²) in [6.07, 6.45) is -0.560. The van der Waals surface area contributed by atoms with E-state index in [4.69, 9.17) is 15.0 Å². The van der Waals surface area contributed by atoms with Gasteiger partial charge in [0.2, 0.25) is 17.7 Å². The molecule has 3 aliphatic heterocycles. The van der Waals surface area contributed by atoms with Crippen molar-refractivity contribution in [2.24, 2.45) is 0 Å². The van der Waals surface area contributed by atoms with Crippen LogP contribution in [-0.4, -0.2) is 76.8 Å². The molecule has 0 spiro atoms. The van der Waals surface area contributed by atoms with Crippen LogP contribution < -0.4 is 34.7 Å². The average Bonchev–Trinajstić information content (AvgIpc) is 3.26. The van der Waals surface area contributed by atoms with E-state index in [0.717, 1.165) is 39.3 Å². The maximum atomic E-state index is 12.4. The third-order valence-corrected chi connectivity index (χ3v) is 3.49. The Morgan fingerprint density at radius 3 is 1.77 bits per heavy atom. The van der Waals surface area contributed by atoms with Gasteiger partial charge in [0.15, 0.2) is 0 Å². The number of carbonyl (C=O) groups is 3. The van der Waals surface area contributed by atoms with Crippen LogP contribution in [0.2, 0.25) is 0 Å². The second-order valence-corrected chi connectivity index (χ2v) is 5.15. The number of allylic oxidation sites excluding steroid dienone is 1. The molecule has 22 heavy (non-hydrogen) atoms. The van der Waals surface area contributed by atoms with E-state index in [1.54, 1.807) is 0 Å². The van der Waals surface area contributed by atoms with Crippen LogP contribution in [0.3, 0.4) is 0 Å². The molecule has 0 amide bonds. The number of Topliss-reactive ketones (excluding diaryl/α,β-unsaturated/α-hetero) is 1. The van der Waals surface area contributed by atoms with Crippen LogP contribution in [0.1, 0.15) is 0 Å². The maximum Gasteiger partial charge on any atom is 1.00 e. The predicted molar refractivity (Wildman–Crippen MR) is 67.9 cm³/mol. The number of rotatable bonds is 3. The maximum absolute atomic E-state index is 12.4. The summed E-state index contributed by atoms with van der Waals surface area (Å²) in [6.45, 7) is 5.41. The Labute approximate surface area is 148 Å². The molecular weight excluding hydrogens is 301 g/mol. The summed E-state index contributed by atoms with van der Waals surface area (Å²) in [5.41, 5.74) is 1.89. The number of ketones is 2. The molecule has 9 heteroatoms. The number of carboxylic acid groups (broad SMARTS) is 2. The minimum absolute atomic E-state index is 0. The van der Waals surface area contributed by atoms with Gasteiger partial charge >= 0.3 is 29.6 Å². The first-order chi connectivity index (χ1) is 9.99. The van der Waals surface area contributed by atoms with E-state index >= 15 is 0 Å². The van der Waals surface area contributed by atoms with Gasteiger partial charge in [0.1, 0.15) is 11.4 Å². The van der Waals surface area contributed by atoms with Crippen molar-refractivity contribution < 1.29 is 54.2 Å². The zero-order valence-corrected chi connectivity index (χ0v) is 14.2. The zero-order chi connectivity index (χ0) is 15.1. The smallest absolute Gasteiger partial charge is 0.565 e. The van der Waals surface area contributed by atoms with Gasteiger partial charge < -0.3 is 29.7 Å². The van der Waals surface area contributed by atoms with Gasteiger partial charge in [-0.25, -0.2) is 0 Å². The van der Waals surface area contributed by atoms with Gasteiger partial charge in [-0.05, 0) is 0 Å². The topological polar surface area (TPSA) is 104 Å². The van der Waals surface area contributed by atoms with Crippen LogP contribution >= 0.6 is 0 Å². The summed E-state index contributed by atoms with van der Waals surface area (Å²) in [7, 11) is 0. The molecule has 0 unspecified atom stereocenters. The fourth-order valence-electron chi connectivity index (χ4n) is 2.28. The molecule has 3 heterocycles. The molecule has 3 fully saturated rings. The van der Waals surface area contributed by atoms with Crippen molar-refractivity contribution in [1.82, 2.24) is 14.7 Å². The number of carbonyl (C=O) groups excluding carboxylic acids is 2. The minimum atomic E-state index is -2.08. The molecule has 0 radical (unpaired) electrons. The fraction of sp³-hybridized carbons (Fsp3) is 0.462. The summed E-state index contributed by atoms with van der Waals surface area (Å²) in [6, 6.07) is 0. The van der Waals surface area contributed by atoms with E-state index < -0.39 is 6.16 Å². The second kappa shape index (κ2) is 6.31. The van der Waals surface area contributed by atoms with Gasteiger partial charge in [-0.1, -0.05) is 0 Å². The van der Waals surface area contributed by atoms with Crippen molar-refractivity contribution >= 4 is 17.7 Å². The largest absolute Gasteiger partial charge is 1.00 e. The number of hydrogen-bond acceptors (Lipinski definition) is 7. The summed E-state index contributed by atoms with van der Waals surface area (Å²) >= 11 is 0. The van der Waals surface area contributed by atoms with E-state index in [1.807, 2.05) is 14.7 Å². The molecule has 0 aromatic heterocycles. The Hall–Kier alpha value is -1.51. The molecule has 0 aromatic rings. The Balaban J connectivity index is 0.000000319. The van der Waals surface area contributed by atoms with E-state index in [1.165, 1.54) is 6.08 Å². The van der Waals surface area contributed by atoms with Crippen LogP contribution in [0.15, 0.2) is 23.2 Å². The molecular formula is C13H14N3NaO5. The van der Waals surface area contributed by atoms with Gasteiger partial charge in [0, 0.05) is 45.3 Å². The molecule has 3 saturated heterocycles. The Bertz CT molecular complexity index is 584. The van der Waals surface area contributed by atoms with E-state index in [0.29, 0.717) is 17.1 Å². The second-order valence-electron chi connectivity index (χ2n) is 5.15. The summed E-state index contributed by atoms with van der Waals surface area (Å²) < 4.78 is 0. The Morgan fingerprint density at radius 2 is 1.36 bits per heavy atom. The van der Waals surface area contributed by atoms with E-state index in [9.17, 15) is 9.59 Å². The van der Waals surface area contributed by atoms with E-state index in [2.05, 4.69) is 0 Å². The van der Waals surface area contributed by atoms with Crippen molar-refractivity contribution in [3.8, 4) is 0 Å². The van der Waals surface area contributed by atoms with Crippen molar-refractivity contribution in [1.29, 1.82) is 0 Å². The van der Waals surface area contributed by atoms with Gasteiger partial charge in [-0.3, -0.25) is 9.59 Å². The molecule has 112 valence electrons. The van der Waals surface area contributed by atoms with Crippen LogP contribution in [0.25, 0.3) is 0 Å². The Morgan fingerprint density at radius 1 is 0.955 bits per heavy atom. The van der Waals surface area contributed by atoms with Crippen LogP contribution in [0.5, 0.6) is 0 Å². The summed E-state index contributed by atoms with van der Waals surface area (Å²) in [5.74, 6) is 0.0485. The first-order valence-corrected chi connectivity index (χ1v) is 6.69. The van der Waals surface area contributed by atoms with E-state index in [-0.39, 0.29) is 41.1 Å². The molecule has 0 saturated carbocycles. The average molecular weight is 315 g/mol. The quantitative estimate of drug-likeness (QED) is 0.314. The molecule has 0 aromatic carbocycles. The summed E-state index contributed by atoms with van der Waals surface area (Å²) in [5, 5.41) is 15.3. The summed E-state index contributed by atoms with van der Waals surface area (Å²) in [4.78, 5) is 38.9. The minimum Gasteiger partial charge on any atom is -0.565 e. The third kappa shape index (κ3) is 3.63. The number of nitrogens with zero attached hydrogens (tertiary/aromatic N) is 3. The SMILES string of the molecule is O=C([O-])O.O=C1C=C(N2CC2)C(=O)C(N2CC2)=C1N1CC1.[Na+]. The van der Waals surface area contributed by atoms with Gasteiger partial charge in [0.05, 0.1) is 5.70 Å². The molecule has 0 atom stereocenters. The molecule has 1 N–H and O–H groups in total. The van der Waals surface area contributed by atoms with Crippen molar-refractivity contribution in [2.45, 2.75) is 0 Å². The third-order valence-electron chi connectivity index (χ3n) is 3.49. The first kappa shape index (κ1) is 16.9. The normalized spacial score (nSPS) is 21.6. The van der Waals surface area contributed by atoms with Crippen molar-refractivity contribution in [2.75, 3.05) is 39.3 Å².